The molecule has 6 rings (SSSR count). The van der Waals surface area contributed by atoms with Crippen molar-refractivity contribution in [1.82, 2.24) is 29.0 Å². The summed E-state index contributed by atoms with van der Waals surface area (Å²) in [6, 6.07) is 18.1. The quantitative estimate of drug-likeness (QED) is 0.415. The van der Waals surface area contributed by atoms with Gasteiger partial charge in [-0.05, 0) is 75.7 Å². The number of rotatable bonds is 4. The summed E-state index contributed by atoms with van der Waals surface area (Å²) in [5.41, 5.74) is 13.9. The van der Waals surface area contributed by atoms with Crippen LogP contribution in [0.1, 0.15) is 48.7 Å². The molecule has 1 fully saturated rings. The molecule has 1 saturated heterocycles. The fourth-order valence-corrected chi connectivity index (χ4v) is 5.56. The molecule has 0 bridgehead atoms. The van der Waals surface area contributed by atoms with Gasteiger partial charge in [0.1, 0.15) is 12.1 Å². The molecule has 0 amide bonds. The fourth-order valence-electron chi connectivity index (χ4n) is 5.56. The van der Waals surface area contributed by atoms with Gasteiger partial charge in [-0.1, -0.05) is 24.3 Å². The standard InChI is InChI=1S/C27H29N7/c1-17-24-26(28)29-16-30-27(24)34(31-17)18(2)22-15-21-10-4-5-13-33(21)25(22)20-9-6-8-19(14-20)23-11-7-12-32(23)3/h4-6,8-10,13-16,18,23H,7,11-12H2,1-3H3,(H2,28,29,30). The second kappa shape index (κ2) is 7.95. The van der Waals surface area contributed by atoms with Crippen LogP contribution in [-0.4, -0.2) is 42.6 Å². The number of nitrogen functional groups attached to an aromatic ring is 1. The van der Waals surface area contributed by atoms with Gasteiger partial charge in [-0.2, -0.15) is 5.10 Å². The predicted octanol–water partition coefficient (Wildman–Crippen LogP) is 5.01. The second-order valence-corrected chi connectivity index (χ2v) is 9.37. The lowest BCUT2D eigenvalue weighted by Crippen LogP contribution is -2.17. The highest BCUT2D eigenvalue weighted by atomic mass is 15.3. The number of hydrogen-bond donors (Lipinski definition) is 1. The molecular formula is C27H29N7. The molecule has 0 saturated carbocycles. The van der Waals surface area contributed by atoms with E-state index in [4.69, 9.17) is 10.8 Å². The summed E-state index contributed by atoms with van der Waals surface area (Å²) in [5, 5.41) is 5.67. The number of pyridine rings is 1. The maximum absolute atomic E-state index is 6.17. The Morgan fingerprint density at radius 2 is 1.97 bits per heavy atom. The first-order chi connectivity index (χ1) is 16.5. The lowest BCUT2D eigenvalue weighted by molar-refractivity contribution is 0.317. The van der Waals surface area contributed by atoms with Crippen molar-refractivity contribution in [2.45, 2.75) is 38.8 Å². The molecule has 0 radical (unpaired) electrons. The highest BCUT2D eigenvalue weighted by Crippen LogP contribution is 2.38. The van der Waals surface area contributed by atoms with Crippen molar-refractivity contribution in [2.24, 2.45) is 0 Å². The molecular weight excluding hydrogens is 422 g/mol. The normalized spacial score (nSPS) is 17.7. The molecule has 1 aliphatic rings. The van der Waals surface area contributed by atoms with Gasteiger partial charge in [0.2, 0.25) is 0 Å². The van der Waals surface area contributed by atoms with Crippen LogP contribution in [0.5, 0.6) is 0 Å². The number of aryl methyl sites for hydroxylation is 1. The van der Waals surface area contributed by atoms with Crippen LogP contribution >= 0.6 is 0 Å². The number of nitrogens with two attached hydrogens (primary N) is 1. The second-order valence-electron chi connectivity index (χ2n) is 9.37. The topological polar surface area (TPSA) is 77.3 Å². The fraction of sp³-hybridized carbons (Fsp3) is 0.296. The Hall–Kier alpha value is -3.71. The van der Waals surface area contributed by atoms with Crippen molar-refractivity contribution >= 4 is 22.4 Å². The Balaban J connectivity index is 1.54. The summed E-state index contributed by atoms with van der Waals surface area (Å²) in [7, 11) is 2.23. The highest BCUT2D eigenvalue weighted by molar-refractivity contribution is 5.88. The molecule has 2 unspecified atom stereocenters. The van der Waals surface area contributed by atoms with Gasteiger partial charge < -0.3 is 10.1 Å². The first-order valence-electron chi connectivity index (χ1n) is 11.9. The molecule has 4 aromatic heterocycles. The molecule has 1 aliphatic heterocycles. The molecule has 34 heavy (non-hydrogen) atoms. The van der Waals surface area contributed by atoms with Crippen LogP contribution in [0.15, 0.2) is 61.1 Å². The van der Waals surface area contributed by atoms with E-state index in [1.807, 2.05) is 11.6 Å². The van der Waals surface area contributed by atoms with E-state index in [1.165, 1.54) is 41.6 Å². The molecule has 2 N–H and O–H groups in total. The average Bonchev–Trinajstić information content (AvgIpc) is 3.54. The van der Waals surface area contributed by atoms with Crippen molar-refractivity contribution in [3.05, 3.63) is 77.9 Å². The largest absolute Gasteiger partial charge is 0.383 e. The predicted molar refractivity (Wildman–Crippen MR) is 136 cm³/mol. The summed E-state index contributed by atoms with van der Waals surface area (Å²) < 4.78 is 4.26. The van der Waals surface area contributed by atoms with Crippen molar-refractivity contribution in [2.75, 3.05) is 19.3 Å². The molecule has 5 aromatic rings. The number of hydrogen-bond acceptors (Lipinski definition) is 5. The first-order valence-corrected chi connectivity index (χ1v) is 11.9. The van der Waals surface area contributed by atoms with Crippen LogP contribution in [0.25, 0.3) is 27.8 Å². The molecule has 0 spiro atoms. The SMILES string of the molecule is Cc1nn(C(C)c2cc3ccccn3c2-c2cccc(C3CCCN3C)c2)c2ncnc(N)c12. The molecule has 2 atom stereocenters. The van der Waals surface area contributed by atoms with Gasteiger partial charge in [0.05, 0.1) is 22.8 Å². The maximum Gasteiger partial charge on any atom is 0.164 e. The number of likely N-dealkylation sites (tertiary alicyclic amines) is 1. The summed E-state index contributed by atoms with van der Waals surface area (Å²) in [4.78, 5) is 11.2. The zero-order chi connectivity index (χ0) is 23.4. The van der Waals surface area contributed by atoms with Gasteiger partial charge >= 0.3 is 0 Å². The third-order valence-corrected chi connectivity index (χ3v) is 7.28. The van der Waals surface area contributed by atoms with Gasteiger partial charge in [-0.25, -0.2) is 14.6 Å². The lowest BCUT2D eigenvalue weighted by atomic mass is 9.97. The van der Waals surface area contributed by atoms with Crippen LogP contribution in [0, 0.1) is 6.92 Å². The van der Waals surface area contributed by atoms with Crippen LogP contribution in [-0.2, 0) is 0 Å². The van der Waals surface area contributed by atoms with Gasteiger partial charge in [-0.15, -0.1) is 0 Å². The first kappa shape index (κ1) is 20.9. The highest BCUT2D eigenvalue weighted by Gasteiger charge is 2.25. The van der Waals surface area contributed by atoms with Crippen molar-refractivity contribution in [3.63, 3.8) is 0 Å². The molecule has 7 heteroatoms. The minimum atomic E-state index is -0.0433. The maximum atomic E-state index is 6.17. The summed E-state index contributed by atoms with van der Waals surface area (Å²) in [6.07, 6.45) is 6.11. The Bertz CT molecular complexity index is 1510. The van der Waals surface area contributed by atoms with Gasteiger partial charge in [0, 0.05) is 23.3 Å². The van der Waals surface area contributed by atoms with Crippen molar-refractivity contribution in [3.8, 4) is 11.3 Å². The number of fused-ring (bicyclic) bond motifs is 2. The van der Waals surface area contributed by atoms with E-state index >= 15 is 0 Å². The summed E-state index contributed by atoms with van der Waals surface area (Å²) >= 11 is 0. The van der Waals surface area contributed by atoms with Crippen molar-refractivity contribution < 1.29 is 0 Å². The lowest BCUT2D eigenvalue weighted by Gasteiger charge is -2.21. The number of anilines is 1. The molecule has 0 aliphatic carbocycles. The van der Waals surface area contributed by atoms with E-state index in [-0.39, 0.29) is 6.04 Å². The van der Waals surface area contributed by atoms with Crippen LogP contribution in [0.2, 0.25) is 0 Å². The minimum absolute atomic E-state index is 0.0433. The van der Waals surface area contributed by atoms with E-state index in [9.17, 15) is 0 Å². The minimum Gasteiger partial charge on any atom is -0.383 e. The molecule has 7 nitrogen and oxygen atoms in total. The molecule has 172 valence electrons. The summed E-state index contributed by atoms with van der Waals surface area (Å²) in [5.74, 6) is 0.469. The van der Waals surface area contributed by atoms with Crippen molar-refractivity contribution in [1.29, 1.82) is 0 Å². The zero-order valence-corrected chi connectivity index (χ0v) is 19.8. The van der Waals surface area contributed by atoms with E-state index < -0.39 is 0 Å². The van der Waals surface area contributed by atoms with Crippen LogP contribution in [0.4, 0.5) is 5.82 Å². The Kier molecular flexibility index (Phi) is 4.88. The monoisotopic (exact) mass is 451 g/mol. The third kappa shape index (κ3) is 3.19. The average molecular weight is 452 g/mol. The van der Waals surface area contributed by atoms with E-state index in [0.29, 0.717) is 11.9 Å². The van der Waals surface area contributed by atoms with Crippen LogP contribution < -0.4 is 5.73 Å². The van der Waals surface area contributed by atoms with E-state index in [1.54, 1.807) is 0 Å². The molecule has 5 heterocycles. The van der Waals surface area contributed by atoms with E-state index in [0.717, 1.165) is 28.8 Å². The van der Waals surface area contributed by atoms with E-state index in [2.05, 4.69) is 88.0 Å². The molecule has 1 aromatic carbocycles. The summed E-state index contributed by atoms with van der Waals surface area (Å²) in [6.45, 7) is 5.29. The van der Waals surface area contributed by atoms with Crippen LogP contribution in [0.3, 0.4) is 0 Å². The van der Waals surface area contributed by atoms with Gasteiger partial charge in [0.15, 0.2) is 5.65 Å². The smallest absolute Gasteiger partial charge is 0.164 e. The third-order valence-electron chi connectivity index (χ3n) is 7.28. The Labute approximate surface area is 198 Å². The Morgan fingerprint density at radius 3 is 2.79 bits per heavy atom. The van der Waals surface area contributed by atoms with Gasteiger partial charge in [0.25, 0.3) is 0 Å². The zero-order valence-electron chi connectivity index (χ0n) is 19.8. The Morgan fingerprint density at radius 1 is 1.09 bits per heavy atom. The van der Waals surface area contributed by atoms with Gasteiger partial charge in [-0.3, -0.25) is 4.90 Å². The number of benzene rings is 1. The number of nitrogens with zero attached hydrogens (tertiary/aromatic N) is 6. The number of aromatic nitrogens is 5.